The van der Waals surface area contributed by atoms with Gasteiger partial charge in [0, 0.05) is 18.5 Å². The van der Waals surface area contributed by atoms with Crippen LogP contribution < -0.4 is 9.47 Å². The third-order valence-electron chi connectivity index (χ3n) is 6.55. The van der Waals surface area contributed by atoms with Crippen LogP contribution in [0.1, 0.15) is 48.6 Å². The highest BCUT2D eigenvalue weighted by atomic mass is 16.5. The van der Waals surface area contributed by atoms with Gasteiger partial charge in [-0.25, -0.2) is 0 Å². The third kappa shape index (κ3) is 4.47. The van der Waals surface area contributed by atoms with E-state index in [2.05, 4.69) is 0 Å². The maximum Gasteiger partial charge on any atom is 0.295 e. The SMILES string of the molecule is CCCOc1cccc(C2/C(=C(/O)c3ccc4c(c3)CC(C)O4)C(=O)C(=O)N2Cc2ccccc2)c1. The lowest BCUT2D eigenvalue weighted by molar-refractivity contribution is -0.140. The molecule has 3 aromatic rings. The molecule has 0 aromatic heterocycles. The first-order valence-corrected chi connectivity index (χ1v) is 12.3. The maximum atomic E-state index is 13.4. The molecule has 2 unspecified atom stereocenters. The van der Waals surface area contributed by atoms with E-state index in [1.165, 1.54) is 4.90 Å². The lowest BCUT2D eigenvalue weighted by Crippen LogP contribution is -2.29. The van der Waals surface area contributed by atoms with Crippen molar-refractivity contribution in [2.45, 2.75) is 45.4 Å². The largest absolute Gasteiger partial charge is 0.507 e. The quantitative estimate of drug-likeness (QED) is 0.276. The van der Waals surface area contributed by atoms with Crippen LogP contribution >= 0.6 is 0 Å². The van der Waals surface area contributed by atoms with Crippen molar-refractivity contribution in [3.63, 3.8) is 0 Å². The highest BCUT2D eigenvalue weighted by Crippen LogP contribution is 2.42. The molecule has 0 spiro atoms. The summed E-state index contributed by atoms with van der Waals surface area (Å²) in [5.41, 5.74) is 3.14. The molecule has 1 fully saturated rings. The molecule has 1 saturated heterocycles. The summed E-state index contributed by atoms with van der Waals surface area (Å²) in [5.74, 6) is -0.0813. The zero-order valence-corrected chi connectivity index (χ0v) is 20.4. The number of Topliss-reactive ketones (excluding diaryl/α,β-unsaturated/α-hetero) is 1. The fraction of sp³-hybridized carbons (Fsp3) is 0.267. The van der Waals surface area contributed by atoms with Gasteiger partial charge in [-0.2, -0.15) is 0 Å². The van der Waals surface area contributed by atoms with Gasteiger partial charge in [-0.05, 0) is 60.4 Å². The number of ketones is 1. The number of aliphatic hydroxyl groups is 1. The number of rotatable bonds is 7. The Balaban J connectivity index is 1.61. The lowest BCUT2D eigenvalue weighted by atomic mass is 9.94. The van der Waals surface area contributed by atoms with Crippen molar-refractivity contribution < 1.29 is 24.2 Å². The van der Waals surface area contributed by atoms with Crippen molar-refractivity contribution >= 4 is 17.4 Å². The average molecular weight is 484 g/mol. The van der Waals surface area contributed by atoms with E-state index in [9.17, 15) is 14.7 Å². The van der Waals surface area contributed by atoms with Crippen LogP contribution in [0.2, 0.25) is 0 Å². The lowest BCUT2D eigenvalue weighted by Gasteiger charge is -2.26. The van der Waals surface area contributed by atoms with Crippen LogP contribution in [0.25, 0.3) is 5.76 Å². The predicted octanol–water partition coefficient (Wildman–Crippen LogP) is 5.42. The summed E-state index contributed by atoms with van der Waals surface area (Å²) in [6.45, 7) is 4.81. The van der Waals surface area contributed by atoms with Crippen molar-refractivity contribution in [3.8, 4) is 11.5 Å². The number of aliphatic hydroxyl groups excluding tert-OH is 1. The van der Waals surface area contributed by atoms with Gasteiger partial charge in [0.05, 0.1) is 18.2 Å². The van der Waals surface area contributed by atoms with Crippen LogP contribution in [0.15, 0.2) is 78.4 Å². The molecule has 5 rings (SSSR count). The van der Waals surface area contributed by atoms with Gasteiger partial charge >= 0.3 is 0 Å². The minimum atomic E-state index is -0.751. The molecular weight excluding hydrogens is 454 g/mol. The van der Waals surface area contributed by atoms with E-state index < -0.39 is 17.7 Å². The molecule has 0 aliphatic carbocycles. The molecule has 2 aliphatic heterocycles. The number of hydrogen-bond donors (Lipinski definition) is 1. The molecule has 2 heterocycles. The van der Waals surface area contributed by atoms with Crippen molar-refractivity contribution in [1.29, 1.82) is 0 Å². The Morgan fingerprint density at radius 1 is 1.06 bits per heavy atom. The molecule has 0 radical (unpaired) electrons. The molecule has 2 aliphatic rings. The third-order valence-corrected chi connectivity index (χ3v) is 6.55. The Kier molecular flexibility index (Phi) is 6.51. The second kappa shape index (κ2) is 9.90. The van der Waals surface area contributed by atoms with Crippen molar-refractivity contribution in [1.82, 2.24) is 4.90 Å². The van der Waals surface area contributed by atoms with Crippen LogP contribution in [0.4, 0.5) is 0 Å². The number of nitrogens with zero attached hydrogens (tertiary/aromatic N) is 1. The first kappa shape index (κ1) is 23.7. The molecule has 1 amide bonds. The van der Waals surface area contributed by atoms with Crippen LogP contribution in [-0.4, -0.2) is 34.4 Å². The predicted molar refractivity (Wildman–Crippen MR) is 137 cm³/mol. The van der Waals surface area contributed by atoms with Crippen molar-refractivity contribution in [3.05, 3.63) is 101 Å². The van der Waals surface area contributed by atoms with Gasteiger partial charge < -0.3 is 19.5 Å². The number of amides is 1. The van der Waals surface area contributed by atoms with E-state index >= 15 is 0 Å². The van der Waals surface area contributed by atoms with Crippen molar-refractivity contribution in [2.24, 2.45) is 0 Å². The van der Waals surface area contributed by atoms with E-state index in [4.69, 9.17) is 9.47 Å². The number of benzene rings is 3. The van der Waals surface area contributed by atoms with Gasteiger partial charge in [-0.3, -0.25) is 9.59 Å². The van der Waals surface area contributed by atoms with Gasteiger partial charge in [0.25, 0.3) is 11.7 Å². The fourth-order valence-electron chi connectivity index (χ4n) is 4.89. The van der Waals surface area contributed by atoms with E-state index in [1.54, 1.807) is 6.07 Å². The topological polar surface area (TPSA) is 76.1 Å². The van der Waals surface area contributed by atoms with Gasteiger partial charge in [0.2, 0.25) is 0 Å². The fourth-order valence-corrected chi connectivity index (χ4v) is 4.89. The Labute approximate surface area is 210 Å². The van der Waals surface area contributed by atoms with Crippen LogP contribution in [0, 0.1) is 0 Å². The molecule has 6 nitrogen and oxygen atoms in total. The minimum Gasteiger partial charge on any atom is -0.507 e. The van der Waals surface area contributed by atoms with E-state index in [0.717, 1.165) is 29.7 Å². The monoisotopic (exact) mass is 483 g/mol. The van der Waals surface area contributed by atoms with Gasteiger partial charge in [-0.1, -0.05) is 49.4 Å². The molecule has 0 bridgehead atoms. The van der Waals surface area contributed by atoms with Gasteiger partial charge in [0.1, 0.15) is 23.4 Å². The molecule has 6 heteroatoms. The van der Waals surface area contributed by atoms with E-state index in [1.807, 2.05) is 80.6 Å². The van der Waals surface area contributed by atoms with Gasteiger partial charge in [-0.15, -0.1) is 0 Å². The van der Waals surface area contributed by atoms with Crippen LogP contribution in [0.5, 0.6) is 11.5 Å². The summed E-state index contributed by atoms with van der Waals surface area (Å²) in [6.07, 6.45) is 1.64. The molecular formula is C30H29NO5. The van der Waals surface area contributed by atoms with Crippen molar-refractivity contribution in [2.75, 3.05) is 6.61 Å². The van der Waals surface area contributed by atoms with E-state index in [0.29, 0.717) is 23.5 Å². The molecule has 36 heavy (non-hydrogen) atoms. The molecule has 1 N–H and O–H groups in total. The standard InChI is InChI=1S/C30H29NO5/c1-3-14-35-24-11-7-10-21(17-24)27-26(28(32)22-12-13-25-23(16-22)15-19(2)36-25)29(33)30(34)31(27)18-20-8-5-4-6-9-20/h4-13,16-17,19,27,32H,3,14-15,18H2,1-2H3/b28-26-. The summed E-state index contributed by atoms with van der Waals surface area (Å²) in [6, 6.07) is 21.6. The Morgan fingerprint density at radius 3 is 2.64 bits per heavy atom. The second-order valence-corrected chi connectivity index (χ2v) is 9.29. The summed E-state index contributed by atoms with van der Waals surface area (Å²) >= 11 is 0. The Morgan fingerprint density at radius 2 is 1.86 bits per heavy atom. The highest BCUT2D eigenvalue weighted by Gasteiger charge is 2.46. The highest BCUT2D eigenvalue weighted by molar-refractivity contribution is 6.46. The van der Waals surface area contributed by atoms with E-state index in [-0.39, 0.29) is 24.0 Å². The number of fused-ring (bicyclic) bond motifs is 1. The normalized spacial score (nSPS) is 20.3. The molecule has 2 atom stereocenters. The molecule has 0 saturated carbocycles. The smallest absolute Gasteiger partial charge is 0.295 e. The zero-order chi connectivity index (χ0) is 25.2. The van der Waals surface area contributed by atoms with Crippen LogP contribution in [0.3, 0.4) is 0 Å². The molecule has 184 valence electrons. The number of carbonyl (C=O) groups is 2. The molecule has 3 aromatic carbocycles. The number of likely N-dealkylation sites (tertiary alicyclic amines) is 1. The zero-order valence-electron chi connectivity index (χ0n) is 20.4. The minimum absolute atomic E-state index is 0.0553. The summed E-state index contributed by atoms with van der Waals surface area (Å²) in [7, 11) is 0. The summed E-state index contributed by atoms with van der Waals surface area (Å²) in [4.78, 5) is 28.2. The Bertz CT molecular complexity index is 1330. The number of carbonyl (C=O) groups excluding carboxylic acids is 2. The maximum absolute atomic E-state index is 13.4. The second-order valence-electron chi connectivity index (χ2n) is 9.29. The Hall–Kier alpha value is -4.06. The van der Waals surface area contributed by atoms with Gasteiger partial charge in [0.15, 0.2) is 0 Å². The summed E-state index contributed by atoms with van der Waals surface area (Å²) in [5, 5.41) is 11.4. The first-order valence-electron chi connectivity index (χ1n) is 12.3. The van der Waals surface area contributed by atoms with Crippen LogP contribution in [-0.2, 0) is 22.6 Å². The number of ether oxygens (including phenoxy) is 2. The first-order chi connectivity index (χ1) is 17.5. The number of hydrogen-bond acceptors (Lipinski definition) is 5. The average Bonchev–Trinajstić information content (AvgIpc) is 3.39. The summed E-state index contributed by atoms with van der Waals surface area (Å²) < 4.78 is 11.6.